The van der Waals surface area contributed by atoms with Crippen LogP contribution in [0.2, 0.25) is 0 Å². The maximum atomic E-state index is 10.6. The van der Waals surface area contributed by atoms with Gasteiger partial charge in [-0.05, 0) is 55.5 Å². The zero-order chi connectivity index (χ0) is 26.4. The van der Waals surface area contributed by atoms with Crippen LogP contribution in [0.1, 0.15) is 55.3 Å². The maximum absolute atomic E-state index is 10.6. The Balaban J connectivity index is 1.52. The molecule has 0 bridgehead atoms. The fraction of sp³-hybridized carbons (Fsp3) is 0.481. The number of benzene rings is 1. The predicted molar refractivity (Wildman–Crippen MR) is 137 cm³/mol. The molecule has 4 rings (SSSR count). The number of ether oxygens (including phenoxy) is 2. The van der Waals surface area contributed by atoms with E-state index in [1.54, 1.807) is 7.11 Å². The lowest BCUT2D eigenvalue weighted by atomic mass is 10.0. The summed E-state index contributed by atoms with van der Waals surface area (Å²) in [6, 6.07) is 7.72. The van der Waals surface area contributed by atoms with E-state index in [-0.39, 0.29) is 19.7 Å². The van der Waals surface area contributed by atoms with Crippen LogP contribution >= 0.6 is 0 Å². The Morgan fingerprint density at radius 1 is 1.19 bits per heavy atom. The van der Waals surface area contributed by atoms with Crippen molar-refractivity contribution in [3.8, 4) is 34.5 Å². The number of carbonyl (C=O) groups is 1. The topological polar surface area (TPSA) is 140 Å². The predicted octanol–water partition coefficient (Wildman–Crippen LogP) is 3.75. The van der Waals surface area contributed by atoms with Crippen LogP contribution in [0.25, 0.3) is 22.8 Å². The first-order valence-corrected chi connectivity index (χ1v) is 12.6. The maximum Gasteiger partial charge on any atom is 0.317 e. The molecule has 10 heteroatoms. The van der Waals surface area contributed by atoms with E-state index < -0.39 is 12.1 Å². The summed E-state index contributed by atoms with van der Waals surface area (Å²) >= 11 is 0. The second-order valence-corrected chi connectivity index (χ2v) is 9.35. The number of hydrogen-bond donors (Lipinski definition) is 3. The van der Waals surface area contributed by atoms with Crippen molar-refractivity contribution < 1.29 is 29.0 Å². The zero-order valence-electron chi connectivity index (χ0n) is 21.5. The number of methoxy groups -OCH3 is 1. The van der Waals surface area contributed by atoms with Gasteiger partial charge in [-0.15, -0.1) is 0 Å². The van der Waals surface area contributed by atoms with Crippen LogP contribution in [0.5, 0.6) is 11.6 Å². The molecule has 1 atom stereocenters. The van der Waals surface area contributed by atoms with E-state index in [9.17, 15) is 9.90 Å². The normalized spacial score (nSPS) is 14.6. The van der Waals surface area contributed by atoms with Gasteiger partial charge in [0, 0.05) is 35.3 Å². The van der Waals surface area contributed by atoms with Gasteiger partial charge in [0.25, 0.3) is 5.89 Å². The number of nitrogens with zero attached hydrogens (tertiary/aromatic N) is 3. The van der Waals surface area contributed by atoms with E-state index in [2.05, 4.69) is 20.4 Å². The number of aromatic nitrogens is 3. The molecule has 0 unspecified atom stereocenters. The molecule has 1 fully saturated rings. The number of aliphatic hydroxyl groups excluding tert-OH is 1. The summed E-state index contributed by atoms with van der Waals surface area (Å²) in [5, 5.41) is 25.7. The number of nitrogens with one attached hydrogen (secondary N) is 1. The number of aliphatic hydroxyl groups is 1. The first-order valence-electron chi connectivity index (χ1n) is 12.6. The number of carboxylic acid groups (broad SMARTS) is 1. The molecule has 198 valence electrons. The van der Waals surface area contributed by atoms with Gasteiger partial charge in [-0.1, -0.05) is 24.9 Å². The Morgan fingerprint density at radius 2 is 1.97 bits per heavy atom. The molecule has 0 amide bonds. The van der Waals surface area contributed by atoms with E-state index >= 15 is 0 Å². The number of hydrogen-bond acceptors (Lipinski definition) is 9. The summed E-state index contributed by atoms with van der Waals surface area (Å²) in [4.78, 5) is 19.9. The van der Waals surface area contributed by atoms with Gasteiger partial charge in [-0.2, -0.15) is 4.98 Å². The van der Waals surface area contributed by atoms with Crippen molar-refractivity contribution in [1.29, 1.82) is 0 Å². The van der Waals surface area contributed by atoms with Gasteiger partial charge in [-0.3, -0.25) is 4.79 Å². The van der Waals surface area contributed by atoms with Gasteiger partial charge in [0.2, 0.25) is 11.7 Å². The van der Waals surface area contributed by atoms with Crippen molar-refractivity contribution in [2.45, 2.75) is 58.0 Å². The monoisotopic (exact) mass is 510 g/mol. The summed E-state index contributed by atoms with van der Waals surface area (Å²) in [7, 11) is 1.61. The fourth-order valence-electron chi connectivity index (χ4n) is 4.67. The number of aryl methyl sites for hydroxylation is 2. The molecule has 0 saturated heterocycles. The highest BCUT2D eigenvalue weighted by Crippen LogP contribution is 2.36. The van der Waals surface area contributed by atoms with Crippen LogP contribution in [0.4, 0.5) is 0 Å². The minimum atomic E-state index is -0.977. The highest BCUT2D eigenvalue weighted by Gasteiger charge is 2.22. The molecule has 3 N–H and O–H groups in total. The molecule has 1 aliphatic carbocycles. The first kappa shape index (κ1) is 26.6. The molecule has 2 aromatic heterocycles. The Hall–Kier alpha value is -3.50. The standard InChI is InChI=1S/C27H34N4O6/c1-4-17-10-19(9-16(2)25(17)36-15-21(32)13-28-14-24(33)34)26-30-27(37-31-26)20-11-22(18-7-5-6-8-18)29-23(12-20)35-3/h9-12,18,21,28,32H,4-8,13-15H2,1-3H3,(H,33,34)/t21-/m0/s1. The van der Waals surface area contributed by atoms with Crippen LogP contribution in [-0.4, -0.2) is 64.2 Å². The van der Waals surface area contributed by atoms with Crippen molar-refractivity contribution in [3.63, 3.8) is 0 Å². The second kappa shape index (κ2) is 12.2. The third-order valence-corrected chi connectivity index (χ3v) is 6.54. The zero-order valence-corrected chi connectivity index (χ0v) is 21.5. The Bertz CT molecular complexity index is 1220. The van der Waals surface area contributed by atoms with Gasteiger partial charge < -0.3 is 29.5 Å². The molecular formula is C27H34N4O6. The average molecular weight is 511 g/mol. The lowest BCUT2D eigenvalue weighted by Gasteiger charge is -2.17. The van der Waals surface area contributed by atoms with Gasteiger partial charge in [0.05, 0.1) is 13.7 Å². The molecule has 3 aromatic rings. The Morgan fingerprint density at radius 3 is 2.68 bits per heavy atom. The minimum absolute atomic E-state index is 0.0410. The van der Waals surface area contributed by atoms with Crippen molar-refractivity contribution in [1.82, 2.24) is 20.4 Å². The van der Waals surface area contributed by atoms with Gasteiger partial charge in [0.1, 0.15) is 18.5 Å². The molecule has 2 heterocycles. The van der Waals surface area contributed by atoms with Crippen LogP contribution in [0, 0.1) is 6.92 Å². The Labute approximate surface area is 216 Å². The molecule has 0 radical (unpaired) electrons. The second-order valence-electron chi connectivity index (χ2n) is 9.35. The summed E-state index contributed by atoms with van der Waals surface area (Å²) < 4.78 is 17.0. The third kappa shape index (κ3) is 6.64. The van der Waals surface area contributed by atoms with E-state index in [1.807, 2.05) is 38.1 Å². The van der Waals surface area contributed by atoms with E-state index in [0.29, 0.717) is 35.7 Å². The SMILES string of the molecule is CCc1cc(-c2noc(-c3cc(OC)nc(C4CCCC4)c3)n2)cc(C)c1OC[C@@H](O)CNCC(=O)O. The lowest BCUT2D eigenvalue weighted by molar-refractivity contribution is -0.136. The minimum Gasteiger partial charge on any atom is -0.490 e. The molecule has 0 aliphatic heterocycles. The highest BCUT2D eigenvalue weighted by molar-refractivity contribution is 5.69. The van der Waals surface area contributed by atoms with Crippen LogP contribution < -0.4 is 14.8 Å². The van der Waals surface area contributed by atoms with Crippen LogP contribution in [0.15, 0.2) is 28.8 Å². The molecular weight excluding hydrogens is 476 g/mol. The summed E-state index contributed by atoms with van der Waals surface area (Å²) in [6.45, 7) is 3.89. The third-order valence-electron chi connectivity index (χ3n) is 6.54. The average Bonchev–Trinajstić information content (AvgIpc) is 3.60. The molecule has 0 spiro atoms. The van der Waals surface area contributed by atoms with E-state index in [1.165, 1.54) is 12.8 Å². The highest BCUT2D eigenvalue weighted by atomic mass is 16.5. The Kier molecular flexibility index (Phi) is 8.73. The molecule has 1 aliphatic rings. The molecule has 10 nitrogen and oxygen atoms in total. The largest absolute Gasteiger partial charge is 0.490 e. The van der Waals surface area contributed by atoms with E-state index in [4.69, 9.17) is 19.1 Å². The van der Waals surface area contributed by atoms with Gasteiger partial charge >= 0.3 is 5.97 Å². The first-order chi connectivity index (χ1) is 17.9. The number of rotatable bonds is 12. The molecule has 37 heavy (non-hydrogen) atoms. The van der Waals surface area contributed by atoms with Gasteiger partial charge in [-0.25, -0.2) is 4.98 Å². The molecule has 1 aromatic carbocycles. The van der Waals surface area contributed by atoms with Gasteiger partial charge in [0.15, 0.2) is 0 Å². The summed E-state index contributed by atoms with van der Waals surface area (Å²) in [5.41, 5.74) is 4.40. The van der Waals surface area contributed by atoms with Crippen molar-refractivity contribution in [3.05, 3.63) is 41.1 Å². The summed E-state index contributed by atoms with van der Waals surface area (Å²) in [6.07, 6.45) is 4.53. The quantitative estimate of drug-likeness (QED) is 0.330. The number of aliphatic carboxylic acids is 1. The number of pyridine rings is 1. The van der Waals surface area contributed by atoms with Crippen LogP contribution in [-0.2, 0) is 11.2 Å². The van der Waals surface area contributed by atoms with Crippen molar-refractivity contribution in [2.24, 2.45) is 0 Å². The lowest BCUT2D eigenvalue weighted by Crippen LogP contribution is -2.34. The van der Waals surface area contributed by atoms with Crippen molar-refractivity contribution >= 4 is 5.97 Å². The fourth-order valence-corrected chi connectivity index (χ4v) is 4.67. The van der Waals surface area contributed by atoms with E-state index in [0.717, 1.165) is 40.8 Å². The molecule has 1 saturated carbocycles. The summed E-state index contributed by atoms with van der Waals surface area (Å²) in [5.74, 6) is 1.54. The smallest absolute Gasteiger partial charge is 0.317 e. The van der Waals surface area contributed by atoms with Crippen molar-refractivity contribution in [2.75, 3.05) is 26.8 Å². The number of carboxylic acids is 1. The van der Waals surface area contributed by atoms with Crippen LogP contribution in [0.3, 0.4) is 0 Å².